The first-order valence-corrected chi connectivity index (χ1v) is 7.37. The Morgan fingerprint density at radius 3 is 2.23 bits per heavy atom. The van der Waals surface area contributed by atoms with Crippen molar-refractivity contribution in [2.45, 2.75) is 33.1 Å². The van der Waals surface area contributed by atoms with Gasteiger partial charge in [0.2, 0.25) is 5.91 Å². The number of carbonyl (C=O) groups excluding carboxylic acids is 1. The van der Waals surface area contributed by atoms with E-state index in [9.17, 15) is 4.79 Å². The molecule has 124 valence electrons. The number of carbonyl (C=O) groups is 1. The zero-order valence-electron chi connectivity index (χ0n) is 13.8. The summed E-state index contributed by atoms with van der Waals surface area (Å²) in [7, 11) is 3.47. The summed E-state index contributed by atoms with van der Waals surface area (Å²) in [6, 6.07) is 6.24. The molecule has 0 saturated heterocycles. The van der Waals surface area contributed by atoms with Gasteiger partial charge in [-0.3, -0.25) is 9.79 Å². The van der Waals surface area contributed by atoms with Crippen molar-refractivity contribution in [3.63, 3.8) is 0 Å². The molecule has 1 aromatic carbocycles. The second-order valence-electron chi connectivity index (χ2n) is 5.09. The van der Waals surface area contributed by atoms with E-state index in [1.165, 1.54) is 11.1 Å². The lowest BCUT2D eigenvalue weighted by molar-refractivity contribution is -0.128. The summed E-state index contributed by atoms with van der Waals surface area (Å²) < 4.78 is 0. The lowest BCUT2D eigenvalue weighted by Gasteiger charge is -2.15. The number of nitrogens with one attached hydrogen (secondary N) is 1. The number of rotatable bonds is 6. The predicted octanol–water partition coefficient (Wildman–Crippen LogP) is 2.63. The molecular weight excluding hydrogens is 391 g/mol. The molecule has 1 amide bonds. The normalized spacial score (nSPS) is 10.8. The Hall–Kier alpha value is -1.31. The molecule has 0 fully saturated rings. The molecule has 5 nitrogen and oxygen atoms in total. The third kappa shape index (κ3) is 6.21. The van der Waals surface area contributed by atoms with Crippen LogP contribution in [0.25, 0.3) is 0 Å². The summed E-state index contributed by atoms with van der Waals surface area (Å²) in [5.41, 5.74) is 9.41. The molecule has 0 aromatic heterocycles. The van der Waals surface area contributed by atoms with Crippen LogP contribution < -0.4 is 11.1 Å². The Morgan fingerprint density at radius 1 is 1.23 bits per heavy atom. The first kappa shape index (κ1) is 20.7. The van der Waals surface area contributed by atoms with Gasteiger partial charge in [-0.15, -0.1) is 24.0 Å². The molecule has 0 spiro atoms. The zero-order valence-corrected chi connectivity index (χ0v) is 16.2. The van der Waals surface area contributed by atoms with Gasteiger partial charge in [-0.1, -0.05) is 32.0 Å². The van der Waals surface area contributed by atoms with E-state index >= 15 is 0 Å². The van der Waals surface area contributed by atoms with Crippen LogP contribution in [0, 0.1) is 0 Å². The highest BCUT2D eigenvalue weighted by Gasteiger charge is 2.07. The van der Waals surface area contributed by atoms with E-state index in [2.05, 4.69) is 42.4 Å². The van der Waals surface area contributed by atoms with Crippen molar-refractivity contribution < 1.29 is 4.79 Å². The van der Waals surface area contributed by atoms with Gasteiger partial charge in [0.1, 0.15) is 0 Å². The van der Waals surface area contributed by atoms with Gasteiger partial charge >= 0.3 is 0 Å². The Balaban J connectivity index is 0.00000441. The number of hydrogen-bond donors (Lipinski definition) is 2. The highest BCUT2D eigenvalue weighted by Crippen LogP contribution is 2.22. The van der Waals surface area contributed by atoms with Crippen LogP contribution in [-0.4, -0.2) is 37.4 Å². The summed E-state index contributed by atoms with van der Waals surface area (Å²) in [6.45, 7) is 4.62. The van der Waals surface area contributed by atoms with Crippen LogP contribution in [0.3, 0.4) is 0 Å². The smallest absolute Gasteiger partial charge is 0.223 e. The molecule has 0 unspecified atom stereocenters. The first-order valence-electron chi connectivity index (χ1n) is 7.37. The lowest BCUT2D eigenvalue weighted by Crippen LogP contribution is -2.26. The van der Waals surface area contributed by atoms with Crippen LogP contribution >= 0.6 is 24.0 Å². The van der Waals surface area contributed by atoms with E-state index in [1.807, 2.05) is 0 Å². The van der Waals surface area contributed by atoms with Gasteiger partial charge in [-0.2, -0.15) is 0 Å². The fourth-order valence-electron chi connectivity index (χ4n) is 2.07. The molecule has 0 aliphatic rings. The average Bonchev–Trinajstić information content (AvgIpc) is 2.47. The van der Waals surface area contributed by atoms with Gasteiger partial charge in [-0.25, -0.2) is 0 Å². The molecule has 22 heavy (non-hydrogen) atoms. The molecule has 0 saturated carbocycles. The molecule has 3 N–H and O–H groups in total. The maximum atomic E-state index is 11.5. The second kappa shape index (κ2) is 10.4. The van der Waals surface area contributed by atoms with Crippen LogP contribution in [-0.2, 0) is 17.6 Å². The number of aliphatic imine (C=N–C) groups is 1. The van der Waals surface area contributed by atoms with Crippen molar-refractivity contribution in [3.8, 4) is 0 Å². The standard InChI is InChI=1S/C16H26N4O.HI/c1-5-12-8-7-9-13(6-2)15(12)19-16(17)18-11-10-14(21)20(3)4;/h7-9H,5-6,10-11H2,1-4H3,(H3,17,18,19);1H. The van der Waals surface area contributed by atoms with E-state index in [4.69, 9.17) is 5.73 Å². The number of aryl methyl sites for hydroxylation is 2. The van der Waals surface area contributed by atoms with Gasteiger partial charge in [0.25, 0.3) is 0 Å². The molecule has 0 heterocycles. The minimum absolute atomic E-state index is 0. The van der Waals surface area contributed by atoms with Gasteiger partial charge in [0.05, 0.1) is 6.54 Å². The minimum Gasteiger partial charge on any atom is -0.370 e. The van der Waals surface area contributed by atoms with Crippen LogP contribution in [0.2, 0.25) is 0 Å². The van der Waals surface area contributed by atoms with E-state index < -0.39 is 0 Å². The summed E-state index contributed by atoms with van der Waals surface area (Å²) in [5.74, 6) is 0.409. The van der Waals surface area contributed by atoms with Crippen molar-refractivity contribution in [1.82, 2.24) is 4.90 Å². The summed E-state index contributed by atoms with van der Waals surface area (Å²) in [6.07, 6.45) is 2.23. The van der Waals surface area contributed by atoms with E-state index in [0.29, 0.717) is 18.9 Å². The fourth-order valence-corrected chi connectivity index (χ4v) is 2.07. The number of anilines is 1. The number of nitrogens with two attached hydrogens (primary N) is 1. The van der Waals surface area contributed by atoms with E-state index in [-0.39, 0.29) is 29.9 Å². The van der Waals surface area contributed by atoms with Crippen LogP contribution in [0.1, 0.15) is 31.4 Å². The van der Waals surface area contributed by atoms with E-state index in [0.717, 1.165) is 18.5 Å². The second-order valence-corrected chi connectivity index (χ2v) is 5.09. The molecule has 0 atom stereocenters. The maximum Gasteiger partial charge on any atom is 0.223 e. The van der Waals surface area contributed by atoms with Crippen molar-refractivity contribution >= 4 is 41.5 Å². The number of benzene rings is 1. The fraction of sp³-hybridized carbons (Fsp3) is 0.500. The molecule has 0 aliphatic carbocycles. The highest BCUT2D eigenvalue weighted by molar-refractivity contribution is 14.0. The van der Waals surface area contributed by atoms with Crippen molar-refractivity contribution in [2.75, 3.05) is 26.0 Å². The average molecular weight is 418 g/mol. The molecular formula is C16H27IN4O. The van der Waals surface area contributed by atoms with E-state index in [1.54, 1.807) is 19.0 Å². The summed E-state index contributed by atoms with van der Waals surface area (Å²) in [5, 5.41) is 3.19. The van der Waals surface area contributed by atoms with Crippen LogP contribution in [0.15, 0.2) is 23.2 Å². The largest absolute Gasteiger partial charge is 0.370 e. The Kier molecular flexibility index (Phi) is 9.80. The molecule has 0 aliphatic heterocycles. The van der Waals surface area contributed by atoms with Gasteiger partial charge < -0.3 is 16.0 Å². The number of nitrogens with zero attached hydrogens (tertiary/aromatic N) is 2. The molecule has 6 heteroatoms. The highest BCUT2D eigenvalue weighted by atomic mass is 127. The number of halogens is 1. The van der Waals surface area contributed by atoms with Crippen molar-refractivity contribution in [2.24, 2.45) is 10.7 Å². The predicted molar refractivity (Wildman–Crippen MR) is 104 cm³/mol. The van der Waals surface area contributed by atoms with Crippen LogP contribution in [0.5, 0.6) is 0 Å². The SMILES string of the molecule is CCc1cccc(CC)c1NC(N)=NCCC(=O)N(C)C.I. The third-order valence-corrected chi connectivity index (χ3v) is 3.36. The van der Waals surface area contributed by atoms with Gasteiger partial charge in [0.15, 0.2) is 5.96 Å². The molecule has 0 bridgehead atoms. The van der Waals surface area contributed by atoms with Crippen molar-refractivity contribution in [1.29, 1.82) is 0 Å². The molecule has 1 aromatic rings. The van der Waals surface area contributed by atoms with Gasteiger partial charge in [0, 0.05) is 26.2 Å². The van der Waals surface area contributed by atoms with Crippen LogP contribution in [0.4, 0.5) is 5.69 Å². The molecule has 0 radical (unpaired) electrons. The first-order chi connectivity index (χ1) is 9.99. The topological polar surface area (TPSA) is 70.7 Å². The molecule has 1 rings (SSSR count). The lowest BCUT2D eigenvalue weighted by atomic mass is 10.0. The number of amides is 1. The third-order valence-electron chi connectivity index (χ3n) is 3.36. The quantitative estimate of drug-likeness (QED) is 0.424. The Morgan fingerprint density at radius 2 is 1.77 bits per heavy atom. The maximum absolute atomic E-state index is 11.5. The Bertz CT molecular complexity index is 493. The van der Waals surface area contributed by atoms with Gasteiger partial charge in [-0.05, 0) is 24.0 Å². The minimum atomic E-state index is 0. The summed E-state index contributed by atoms with van der Waals surface area (Å²) >= 11 is 0. The summed E-state index contributed by atoms with van der Waals surface area (Å²) in [4.78, 5) is 17.3. The number of hydrogen-bond acceptors (Lipinski definition) is 2. The van der Waals surface area contributed by atoms with Crippen molar-refractivity contribution in [3.05, 3.63) is 29.3 Å². The number of para-hydroxylation sites is 1. The monoisotopic (exact) mass is 418 g/mol. The zero-order chi connectivity index (χ0) is 15.8. The number of guanidine groups is 1. The Labute approximate surface area is 150 Å².